The number of amides is 2. The Bertz CT molecular complexity index is 556. The molecule has 0 bridgehead atoms. The zero-order chi connectivity index (χ0) is 14.1. The van der Waals surface area contributed by atoms with Crippen LogP contribution in [0.1, 0.15) is 18.1 Å². The van der Waals surface area contributed by atoms with Gasteiger partial charge in [-0.05, 0) is 30.5 Å². The molecular formula is C15H18N2O3. The molecule has 1 saturated heterocycles. The van der Waals surface area contributed by atoms with Crippen LogP contribution < -0.4 is 10.1 Å². The lowest BCUT2D eigenvalue weighted by Gasteiger charge is -2.29. The third kappa shape index (κ3) is 2.41. The van der Waals surface area contributed by atoms with Crippen LogP contribution in [0.5, 0.6) is 5.75 Å². The van der Waals surface area contributed by atoms with E-state index in [-0.39, 0.29) is 24.4 Å². The minimum Gasteiger partial charge on any atom is -0.493 e. The minimum absolute atomic E-state index is 0.134. The topological polar surface area (TPSA) is 58.6 Å². The van der Waals surface area contributed by atoms with Gasteiger partial charge in [0.15, 0.2) is 0 Å². The summed E-state index contributed by atoms with van der Waals surface area (Å²) in [6.45, 7) is 3.22. The highest BCUT2D eigenvalue weighted by atomic mass is 16.5. The third-order valence-corrected chi connectivity index (χ3v) is 3.87. The number of nitrogens with zero attached hydrogens (tertiary/aromatic N) is 1. The second kappa shape index (κ2) is 5.25. The van der Waals surface area contributed by atoms with Crippen LogP contribution in [0, 0.1) is 0 Å². The van der Waals surface area contributed by atoms with Crippen molar-refractivity contribution in [3.8, 4) is 5.75 Å². The largest absolute Gasteiger partial charge is 0.493 e. The molecule has 0 spiro atoms. The summed E-state index contributed by atoms with van der Waals surface area (Å²) in [6, 6.07) is 5.82. The number of benzene rings is 1. The maximum Gasteiger partial charge on any atom is 0.246 e. The average Bonchev–Trinajstić information content (AvgIpc) is 2.90. The van der Waals surface area contributed by atoms with Crippen molar-refractivity contribution < 1.29 is 14.3 Å². The molecule has 0 radical (unpaired) electrons. The number of piperazine rings is 1. The van der Waals surface area contributed by atoms with Gasteiger partial charge in [0.1, 0.15) is 5.75 Å². The lowest BCUT2D eigenvalue weighted by atomic mass is 10.1. The lowest BCUT2D eigenvalue weighted by Crippen LogP contribution is -2.57. The van der Waals surface area contributed by atoms with E-state index in [9.17, 15) is 9.59 Å². The molecule has 2 amide bonds. The molecule has 20 heavy (non-hydrogen) atoms. The van der Waals surface area contributed by atoms with Gasteiger partial charge in [-0.15, -0.1) is 0 Å². The predicted molar refractivity (Wildman–Crippen MR) is 73.5 cm³/mol. The Morgan fingerprint density at radius 3 is 3.10 bits per heavy atom. The molecule has 2 aliphatic rings. The summed E-state index contributed by atoms with van der Waals surface area (Å²) in [5.74, 6) is 0.681. The smallest absolute Gasteiger partial charge is 0.246 e. The third-order valence-electron chi connectivity index (χ3n) is 3.87. The number of carbonyl (C=O) groups is 2. The Morgan fingerprint density at radius 1 is 1.40 bits per heavy atom. The van der Waals surface area contributed by atoms with Crippen molar-refractivity contribution in [1.82, 2.24) is 10.2 Å². The van der Waals surface area contributed by atoms with Gasteiger partial charge in [0, 0.05) is 13.0 Å². The summed E-state index contributed by atoms with van der Waals surface area (Å²) in [5.41, 5.74) is 2.36. The Hall–Kier alpha value is -1.88. The molecule has 0 aliphatic carbocycles. The van der Waals surface area contributed by atoms with Gasteiger partial charge < -0.3 is 4.74 Å². The summed E-state index contributed by atoms with van der Waals surface area (Å²) in [4.78, 5) is 25.1. The quantitative estimate of drug-likeness (QED) is 0.816. The van der Waals surface area contributed by atoms with Gasteiger partial charge in [-0.3, -0.25) is 19.8 Å². The van der Waals surface area contributed by atoms with Crippen LogP contribution in [-0.4, -0.2) is 42.5 Å². The lowest BCUT2D eigenvalue weighted by molar-refractivity contribution is -0.148. The summed E-state index contributed by atoms with van der Waals surface area (Å²) in [7, 11) is 0. The molecule has 0 aromatic heterocycles. The van der Waals surface area contributed by atoms with Crippen molar-refractivity contribution in [3.05, 3.63) is 29.3 Å². The first-order chi connectivity index (χ1) is 9.65. The molecule has 1 aromatic carbocycles. The fourth-order valence-corrected chi connectivity index (χ4v) is 2.65. The minimum atomic E-state index is -0.277. The number of fused-ring (bicyclic) bond motifs is 1. The van der Waals surface area contributed by atoms with Gasteiger partial charge in [0.05, 0.1) is 19.2 Å². The summed E-state index contributed by atoms with van der Waals surface area (Å²) >= 11 is 0. The molecule has 1 atom stereocenters. The maximum absolute atomic E-state index is 12.0. The highest BCUT2D eigenvalue weighted by Crippen LogP contribution is 2.26. The molecule has 106 valence electrons. The van der Waals surface area contributed by atoms with Gasteiger partial charge in [-0.2, -0.15) is 0 Å². The predicted octanol–water partition coefficient (Wildman–Crippen LogP) is 0.511. The van der Waals surface area contributed by atoms with Gasteiger partial charge in [0.2, 0.25) is 11.8 Å². The van der Waals surface area contributed by atoms with Crippen LogP contribution in [0.25, 0.3) is 0 Å². The SMILES string of the molecule is CC1NCC(=O)N(CCc2ccc3c(c2)CCO3)C1=O. The fourth-order valence-electron chi connectivity index (χ4n) is 2.65. The summed E-state index contributed by atoms with van der Waals surface area (Å²) in [5, 5.41) is 2.89. The highest BCUT2D eigenvalue weighted by Gasteiger charge is 2.30. The average molecular weight is 274 g/mol. The zero-order valence-electron chi connectivity index (χ0n) is 11.5. The van der Waals surface area contributed by atoms with Crippen molar-refractivity contribution in [1.29, 1.82) is 0 Å². The van der Waals surface area contributed by atoms with Crippen LogP contribution >= 0.6 is 0 Å². The van der Waals surface area contributed by atoms with E-state index in [1.54, 1.807) is 6.92 Å². The monoisotopic (exact) mass is 274 g/mol. The number of hydrogen-bond donors (Lipinski definition) is 1. The summed E-state index contributed by atoms with van der Waals surface area (Å²) in [6.07, 6.45) is 1.63. The normalized spacial score (nSPS) is 21.9. The molecule has 1 fully saturated rings. The van der Waals surface area contributed by atoms with Crippen molar-refractivity contribution in [2.75, 3.05) is 19.7 Å². The first kappa shape index (κ1) is 13.1. The Morgan fingerprint density at radius 2 is 2.25 bits per heavy atom. The standard InChI is InChI=1S/C15H18N2O3/c1-10-15(19)17(14(18)9-16-10)6-4-11-2-3-13-12(8-11)5-7-20-13/h2-3,8,10,16H,4-7,9H2,1H3. The van der Waals surface area contributed by atoms with E-state index in [4.69, 9.17) is 4.74 Å². The van der Waals surface area contributed by atoms with Crippen molar-refractivity contribution in [3.63, 3.8) is 0 Å². The molecule has 1 unspecified atom stereocenters. The molecule has 5 nitrogen and oxygen atoms in total. The van der Waals surface area contributed by atoms with Crippen molar-refractivity contribution in [2.45, 2.75) is 25.8 Å². The van der Waals surface area contributed by atoms with Crippen LogP contribution in [0.4, 0.5) is 0 Å². The highest BCUT2D eigenvalue weighted by molar-refractivity contribution is 6.00. The number of imide groups is 1. The van der Waals surface area contributed by atoms with Crippen LogP contribution in [0.15, 0.2) is 18.2 Å². The Kier molecular flexibility index (Phi) is 3.44. The molecule has 2 heterocycles. The van der Waals surface area contributed by atoms with Crippen molar-refractivity contribution in [2.24, 2.45) is 0 Å². The number of ether oxygens (including phenoxy) is 1. The maximum atomic E-state index is 12.0. The van der Waals surface area contributed by atoms with E-state index < -0.39 is 0 Å². The van der Waals surface area contributed by atoms with Gasteiger partial charge in [-0.1, -0.05) is 12.1 Å². The van der Waals surface area contributed by atoms with Gasteiger partial charge in [-0.25, -0.2) is 0 Å². The molecule has 0 saturated carbocycles. The number of hydrogen-bond acceptors (Lipinski definition) is 4. The number of rotatable bonds is 3. The second-order valence-corrected chi connectivity index (χ2v) is 5.28. The number of nitrogens with one attached hydrogen (secondary N) is 1. The molecular weight excluding hydrogens is 256 g/mol. The van der Waals surface area contributed by atoms with E-state index in [1.807, 2.05) is 12.1 Å². The van der Waals surface area contributed by atoms with Gasteiger partial charge in [0.25, 0.3) is 0 Å². The molecule has 3 rings (SSSR count). The van der Waals surface area contributed by atoms with Crippen LogP contribution in [0.2, 0.25) is 0 Å². The van der Waals surface area contributed by atoms with E-state index in [2.05, 4.69) is 11.4 Å². The van der Waals surface area contributed by atoms with Crippen LogP contribution in [-0.2, 0) is 22.4 Å². The first-order valence-corrected chi connectivity index (χ1v) is 6.97. The Balaban J connectivity index is 1.66. The van der Waals surface area contributed by atoms with Gasteiger partial charge >= 0.3 is 0 Å². The Labute approximate surface area is 117 Å². The molecule has 2 aliphatic heterocycles. The second-order valence-electron chi connectivity index (χ2n) is 5.28. The van der Waals surface area contributed by atoms with Crippen LogP contribution in [0.3, 0.4) is 0 Å². The zero-order valence-corrected chi connectivity index (χ0v) is 11.5. The summed E-state index contributed by atoms with van der Waals surface area (Å²) < 4.78 is 5.47. The van der Waals surface area contributed by atoms with E-state index in [0.717, 1.165) is 24.3 Å². The van der Waals surface area contributed by atoms with E-state index >= 15 is 0 Å². The fraction of sp³-hybridized carbons (Fsp3) is 0.467. The molecule has 1 N–H and O–H groups in total. The van der Waals surface area contributed by atoms with E-state index in [1.165, 1.54) is 10.5 Å². The number of carbonyl (C=O) groups excluding carboxylic acids is 2. The van der Waals surface area contributed by atoms with Crippen molar-refractivity contribution >= 4 is 11.8 Å². The molecule has 5 heteroatoms. The molecule has 1 aromatic rings. The first-order valence-electron chi connectivity index (χ1n) is 6.97. The van der Waals surface area contributed by atoms with E-state index in [0.29, 0.717) is 13.0 Å².